The van der Waals surface area contributed by atoms with Crippen molar-refractivity contribution in [3.63, 3.8) is 0 Å². The van der Waals surface area contributed by atoms with E-state index >= 15 is 0 Å². The second kappa shape index (κ2) is 7.88. The van der Waals surface area contributed by atoms with Crippen LogP contribution >= 0.6 is 0 Å². The highest BCUT2D eigenvalue weighted by molar-refractivity contribution is 5.94. The summed E-state index contributed by atoms with van der Waals surface area (Å²) in [5.41, 5.74) is 0.807. The van der Waals surface area contributed by atoms with Crippen LogP contribution in [-0.2, 0) is 0 Å². The van der Waals surface area contributed by atoms with Crippen LogP contribution in [0.5, 0.6) is 0 Å². The SMILES string of the molecule is C.CC.C[C@@H]1CCN(C(=O)c2ccccc2)C1. The van der Waals surface area contributed by atoms with Crippen molar-refractivity contribution in [2.75, 3.05) is 13.1 Å². The fraction of sp³-hybridized carbons (Fsp3) is 0.533. The Balaban J connectivity index is 0.000000811. The Morgan fingerprint density at radius 3 is 2.29 bits per heavy atom. The van der Waals surface area contributed by atoms with E-state index in [1.807, 2.05) is 49.1 Å². The minimum Gasteiger partial charge on any atom is -0.338 e. The van der Waals surface area contributed by atoms with Crippen LogP contribution in [0.4, 0.5) is 0 Å². The predicted molar refractivity (Wildman–Crippen MR) is 74.2 cm³/mol. The molecule has 0 N–H and O–H groups in total. The summed E-state index contributed by atoms with van der Waals surface area (Å²) in [6.45, 7) is 8.01. The summed E-state index contributed by atoms with van der Waals surface area (Å²) in [5, 5.41) is 0. The number of carbonyl (C=O) groups excluding carboxylic acids is 1. The molecule has 1 fully saturated rings. The molecule has 2 nitrogen and oxygen atoms in total. The molecule has 1 aromatic rings. The van der Waals surface area contributed by atoms with Gasteiger partial charge in [0.1, 0.15) is 0 Å². The first kappa shape index (κ1) is 15.7. The number of amides is 1. The molecule has 1 amide bonds. The molecule has 0 spiro atoms. The highest BCUT2D eigenvalue weighted by atomic mass is 16.2. The Morgan fingerprint density at radius 1 is 1.24 bits per heavy atom. The van der Waals surface area contributed by atoms with Gasteiger partial charge in [0.05, 0.1) is 0 Å². The van der Waals surface area contributed by atoms with Crippen LogP contribution in [0, 0.1) is 5.92 Å². The third-order valence-corrected chi connectivity index (χ3v) is 2.73. The van der Waals surface area contributed by atoms with E-state index in [0.29, 0.717) is 5.92 Å². The summed E-state index contributed by atoms with van der Waals surface area (Å²) in [5.74, 6) is 0.831. The molecule has 2 heteroatoms. The van der Waals surface area contributed by atoms with E-state index in [0.717, 1.165) is 25.1 Å². The molecule has 0 bridgehead atoms. The van der Waals surface area contributed by atoms with E-state index in [1.165, 1.54) is 0 Å². The highest BCUT2D eigenvalue weighted by Gasteiger charge is 2.23. The van der Waals surface area contributed by atoms with E-state index < -0.39 is 0 Å². The summed E-state index contributed by atoms with van der Waals surface area (Å²) in [4.78, 5) is 13.9. The largest absolute Gasteiger partial charge is 0.338 e. The molecule has 1 heterocycles. The zero-order chi connectivity index (χ0) is 12.0. The molecule has 0 aliphatic carbocycles. The van der Waals surface area contributed by atoms with Crippen molar-refractivity contribution in [2.45, 2.75) is 34.6 Å². The van der Waals surface area contributed by atoms with Crippen LogP contribution in [0.3, 0.4) is 0 Å². The summed E-state index contributed by atoms with van der Waals surface area (Å²) in [7, 11) is 0. The van der Waals surface area contributed by atoms with Gasteiger partial charge in [-0.1, -0.05) is 46.4 Å². The molecule has 2 rings (SSSR count). The number of hydrogen-bond donors (Lipinski definition) is 0. The zero-order valence-corrected chi connectivity index (χ0v) is 10.4. The topological polar surface area (TPSA) is 20.3 Å². The van der Waals surface area contributed by atoms with Gasteiger partial charge in [-0.15, -0.1) is 0 Å². The van der Waals surface area contributed by atoms with E-state index in [-0.39, 0.29) is 13.3 Å². The smallest absolute Gasteiger partial charge is 0.253 e. The van der Waals surface area contributed by atoms with Crippen LogP contribution in [0.15, 0.2) is 30.3 Å². The van der Waals surface area contributed by atoms with Gasteiger partial charge >= 0.3 is 0 Å². The lowest BCUT2D eigenvalue weighted by atomic mass is 10.2. The van der Waals surface area contributed by atoms with Gasteiger partial charge < -0.3 is 4.90 Å². The van der Waals surface area contributed by atoms with Gasteiger partial charge in [0, 0.05) is 18.7 Å². The highest BCUT2D eigenvalue weighted by Crippen LogP contribution is 2.17. The maximum absolute atomic E-state index is 11.9. The Morgan fingerprint density at radius 2 is 1.82 bits per heavy atom. The zero-order valence-electron chi connectivity index (χ0n) is 10.4. The normalized spacial score (nSPS) is 17.8. The molecule has 0 unspecified atom stereocenters. The van der Waals surface area contributed by atoms with Gasteiger partial charge in [-0.2, -0.15) is 0 Å². The maximum Gasteiger partial charge on any atom is 0.253 e. The molecule has 0 aromatic heterocycles. The molecular weight excluding hydrogens is 210 g/mol. The molecule has 1 saturated heterocycles. The second-order valence-corrected chi connectivity index (χ2v) is 4.01. The number of nitrogens with zero attached hydrogens (tertiary/aromatic N) is 1. The molecule has 0 radical (unpaired) electrons. The van der Waals surface area contributed by atoms with Gasteiger partial charge in [-0.05, 0) is 24.5 Å². The molecule has 1 aliphatic heterocycles. The Bertz CT molecular complexity index is 321. The second-order valence-electron chi connectivity index (χ2n) is 4.01. The van der Waals surface area contributed by atoms with Crippen molar-refractivity contribution in [3.05, 3.63) is 35.9 Å². The fourth-order valence-corrected chi connectivity index (χ4v) is 1.88. The van der Waals surface area contributed by atoms with Crippen molar-refractivity contribution in [1.29, 1.82) is 0 Å². The Hall–Kier alpha value is -1.31. The molecule has 1 atom stereocenters. The van der Waals surface area contributed by atoms with Crippen LogP contribution in [-0.4, -0.2) is 23.9 Å². The van der Waals surface area contributed by atoms with Crippen LogP contribution < -0.4 is 0 Å². The minimum absolute atomic E-state index is 0. The fourth-order valence-electron chi connectivity index (χ4n) is 1.88. The standard InChI is InChI=1S/C12H15NO.C2H6.CH4/c1-10-7-8-13(9-10)12(14)11-5-3-2-4-6-11;1-2;/h2-6,10H,7-9H2,1H3;1-2H3;1H4/t10-;;/m1../s1. The first-order valence-corrected chi connectivity index (χ1v) is 6.11. The lowest BCUT2D eigenvalue weighted by molar-refractivity contribution is 0.0788. The molecule has 1 aromatic carbocycles. The van der Waals surface area contributed by atoms with E-state index in [2.05, 4.69) is 6.92 Å². The number of likely N-dealkylation sites (tertiary alicyclic amines) is 1. The van der Waals surface area contributed by atoms with Gasteiger partial charge in [0.25, 0.3) is 5.91 Å². The third kappa shape index (κ3) is 4.22. The quantitative estimate of drug-likeness (QED) is 0.724. The lowest BCUT2D eigenvalue weighted by Crippen LogP contribution is -2.28. The predicted octanol–water partition coefficient (Wildman–Crippen LogP) is 3.83. The van der Waals surface area contributed by atoms with E-state index in [4.69, 9.17) is 0 Å². The van der Waals surface area contributed by atoms with Crippen molar-refractivity contribution < 1.29 is 4.79 Å². The Kier molecular flexibility index (Phi) is 7.27. The summed E-state index contributed by atoms with van der Waals surface area (Å²) in [6, 6.07) is 9.51. The van der Waals surface area contributed by atoms with Gasteiger partial charge in [-0.3, -0.25) is 4.79 Å². The van der Waals surface area contributed by atoms with Crippen molar-refractivity contribution in [3.8, 4) is 0 Å². The molecule has 96 valence electrons. The molecule has 0 saturated carbocycles. The minimum atomic E-state index is 0. The van der Waals surface area contributed by atoms with E-state index in [9.17, 15) is 4.79 Å². The van der Waals surface area contributed by atoms with Crippen molar-refractivity contribution >= 4 is 5.91 Å². The van der Waals surface area contributed by atoms with Crippen LogP contribution in [0.1, 0.15) is 45.0 Å². The summed E-state index contributed by atoms with van der Waals surface area (Å²) in [6.07, 6.45) is 1.14. The molecule has 1 aliphatic rings. The maximum atomic E-state index is 11.9. The Labute approximate surface area is 106 Å². The summed E-state index contributed by atoms with van der Waals surface area (Å²) >= 11 is 0. The number of benzene rings is 1. The van der Waals surface area contributed by atoms with Crippen LogP contribution in [0.25, 0.3) is 0 Å². The monoisotopic (exact) mass is 235 g/mol. The number of carbonyl (C=O) groups is 1. The molecule has 17 heavy (non-hydrogen) atoms. The summed E-state index contributed by atoms with van der Waals surface area (Å²) < 4.78 is 0. The van der Waals surface area contributed by atoms with Gasteiger partial charge in [0.2, 0.25) is 0 Å². The lowest BCUT2D eigenvalue weighted by Gasteiger charge is -2.15. The number of rotatable bonds is 1. The average Bonchev–Trinajstić information content (AvgIpc) is 2.79. The van der Waals surface area contributed by atoms with Crippen molar-refractivity contribution in [2.24, 2.45) is 5.92 Å². The third-order valence-electron chi connectivity index (χ3n) is 2.73. The first-order chi connectivity index (χ1) is 7.77. The van der Waals surface area contributed by atoms with Gasteiger partial charge in [-0.25, -0.2) is 0 Å². The molecular formula is C15H25NO. The average molecular weight is 235 g/mol. The van der Waals surface area contributed by atoms with E-state index in [1.54, 1.807) is 0 Å². The van der Waals surface area contributed by atoms with Gasteiger partial charge in [0.15, 0.2) is 0 Å². The van der Waals surface area contributed by atoms with Crippen LogP contribution in [0.2, 0.25) is 0 Å². The van der Waals surface area contributed by atoms with Crippen molar-refractivity contribution in [1.82, 2.24) is 4.90 Å². The number of hydrogen-bond acceptors (Lipinski definition) is 1. The first-order valence-electron chi connectivity index (χ1n) is 6.11.